The van der Waals surface area contributed by atoms with Gasteiger partial charge in [-0.3, -0.25) is 14.4 Å². The van der Waals surface area contributed by atoms with Gasteiger partial charge in [0.25, 0.3) is 0 Å². The van der Waals surface area contributed by atoms with Crippen LogP contribution in [0.4, 0.5) is 0 Å². The van der Waals surface area contributed by atoms with Crippen LogP contribution in [0.1, 0.15) is 36.5 Å². The Labute approximate surface area is 140 Å². The van der Waals surface area contributed by atoms with E-state index in [0.717, 1.165) is 12.8 Å². The number of Topliss-reactive ketones (excluding diaryl/α,β-unsaturated/α-hetero) is 1. The van der Waals surface area contributed by atoms with E-state index >= 15 is 0 Å². The van der Waals surface area contributed by atoms with Crippen molar-refractivity contribution in [3.8, 4) is 0 Å². The van der Waals surface area contributed by atoms with E-state index in [1.165, 1.54) is 0 Å². The Morgan fingerprint density at radius 3 is 2.71 bits per heavy atom. The zero-order valence-corrected chi connectivity index (χ0v) is 13.5. The molecule has 5 heteroatoms. The van der Waals surface area contributed by atoms with E-state index in [1.54, 1.807) is 24.3 Å². The third-order valence-electron chi connectivity index (χ3n) is 5.74. The van der Waals surface area contributed by atoms with Crippen LogP contribution in [0.25, 0.3) is 0 Å². The van der Waals surface area contributed by atoms with Gasteiger partial charge in [-0.1, -0.05) is 37.3 Å². The first-order chi connectivity index (χ1) is 11.6. The zero-order chi connectivity index (χ0) is 16.8. The zero-order valence-electron chi connectivity index (χ0n) is 13.5. The van der Waals surface area contributed by atoms with Crippen LogP contribution in [0.15, 0.2) is 30.3 Å². The Hall–Kier alpha value is -2.17. The molecule has 24 heavy (non-hydrogen) atoms. The standard InChI is InChI=1S/C19H20O5/c1-2-13(17(20)10-6-4-3-5-7-10)23-18(21)15-11-8-12-14(9-11)24-19(22)16(12)15/h3-7,11-16H,2,8-9H2,1H3/t11-,12+,13+,14-,15-,16-/m1/s1. The largest absolute Gasteiger partial charge is 0.462 e. The van der Waals surface area contributed by atoms with Crippen LogP contribution in [0, 0.1) is 23.7 Å². The number of ketones is 1. The minimum Gasteiger partial charge on any atom is -0.462 e. The fourth-order valence-corrected chi connectivity index (χ4v) is 4.65. The lowest BCUT2D eigenvalue weighted by molar-refractivity contribution is -0.158. The molecule has 0 radical (unpaired) electrons. The van der Waals surface area contributed by atoms with Crippen LogP contribution in [0.3, 0.4) is 0 Å². The van der Waals surface area contributed by atoms with Crippen molar-refractivity contribution in [3.05, 3.63) is 35.9 Å². The molecule has 0 N–H and O–H groups in total. The van der Waals surface area contributed by atoms with Gasteiger partial charge in [0.05, 0.1) is 11.8 Å². The molecule has 126 valence electrons. The van der Waals surface area contributed by atoms with Crippen LogP contribution in [-0.2, 0) is 19.1 Å². The lowest BCUT2D eigenvalue weighted by Crippen LogP contribution is -2.37. The fraction of sp³-hybridized carbons (Fsp3) is 0.526. The van der Waals surface area contributed by atoms with Crippen LogP contribution in [0.2, 0.25) is 0 Å². The molecule has 2 saturated carbocycles. The smallest absolute Gasteiger partial charge is 0.310 e. The van der Waals surface area contributed by atoms with Gasteiger partial charge in [0.15, 0.2) is 6.10 Å². The molecule has 4 rings (SSSR count). The summed E-state index contributed by atoms with van der Waals surface area (Å²) in [6, 6.07) is 8.84. The molecule has 2 aliphatic carbocycles. The van der Waals surface area contributed by atoms with Gasteiger partial charge in [0.2, 0.25) is 5.78 Å². The minimum absolute atomic E-state index is 0.00975. The average molecular weight is 328 g/mol. The molecule has 1 heterocycles. The second kappa shape index (κ2) is 5.72. The maximum absolute atomic E-state index is 12.7. The molecule has 3 fully saturated rings. The Kier molecular flexibility index (Phi) is 3.66. The molecule has 1 saturated heterocycles. The highest BCUT2D eigenvalue weighted by Gasteiger charge is 2.64. The highest BCUT2D eigenvalue weighted by Crippen LogP contribution is 2.58. The monoisotopic (exact) mass is 328 g/mol. The molecule has 6 atom stereocenters. The molecule has 0 unspecified atom stereocenters. The molecule has 1 aromatic carbocycles. The average Bonchev–Trinajstić information content (AvgIpc) is 3.21. The molecular weight excluding hydrogens is 308 g/mol. The summed E-state index contributed by atoms with van der Waals surface area (Å²) in [6.45, 7) is 1.82. The minimum atomic E-state index is -0.799. The van der Waals surface area contributed by atoms with E-state index in [1.807, 2.05) is 13.0 Å². The van der Waals surface area contributed by atoms with E-state index in [0.29, 0.717) is 12.0 Å². The Bertz CT molecular complexity index is 680. The van der Waals surface area contributed by atoms with Gasteiger partial charge >= 0.3 is 11.9 Å². The van der Waals surface area contributed by atoms with Gasteiger partial charge in [0.1, 0.15) is 6.10 Å². The number of rotatable bonds is 5. The molecular formula is C19H20O5. The van der Waals surface area contributed by atoms with Gasteiger partial charge in [-0.2, -0.15) is 0 Å². The number of benzene rings is 1. The summed E-state index contributed by atoms with van der Waals surface area (Å²) in [5, 5.41) is 0. The molecule has 0 aromatic heterocycles. The maximum atomic E-state index is 12.7. The van der Waals surface area contributed by atoms with E-state index < -0.39 is 18.0 Å². The van der Waals surface area contributed by atoms with Gasteiger partial charge < -0.3 is 9.47 Å². The first kappa shape index (κ1) is 15.4. The number of carbonyl (C=O) groups excluding carboxylic acids is 3. The van der Waals surface area contributed by atoms with Crippen molar-refractivity contribution >= 4 is 17.7 Å². The number of fused-ring (bicyclic) bond motifs is 1. The lowest BCUT2D eigenvalue weighted by Gasteiger charge is -2.25. The summed E-state index contributed by atoms with van der Waals surface area (Å²) < 4.78 is 10.9. The van der Waals surface area contributed by atoms with Crippen molar-refractivity contribution in [1.29, 1.82) is 0 Å². The maximum Gasteiger partial charge on any atom is 0.310 e. The van der Waals surface area contributed by atoms with E-state index in [-0.39, 0.29) is 35.6 Å². The van der Waals surface area contributed by atoms with E-state index in [2.05, 4.69) is 0 Å². The van der Waals surface area contributed by atoms with Gasteiger partial charge in [-0.25, -0.2) is 0 Å². The van der Waals surface area contributed by atoms with Gasteiger partial charge in [0, 0.05) is 11.5 Å². The van der Waals surface area contributed by atoms with Crippen LogP contribution >= 0.6 is 0 Å². The highest BCUT2D eigenvalue weighted by molar-refractivity contribution is 6.00. The summed E-state index contributed by atoms with van der Waals surface area (Å²) in [5.74, 6) is -1.39. The summed E-state index contributed by atoms with van der Waals surface area (Å²) in [5.41, 5.74) is 0.533. The Balaban J connectivity index is 1.49. The Morgan fingerprint density at radius 1 is 1.25 bits per heavy atom. The second-order valence-corrected chi connectivity index (χ2v) is 6.99. The van der Waals surface area contributed by atoms with E-state index in [9.17, 15) is 14.4 Å². The number of esters is 2. The van der Waals surface area contributed by atoms with Crippen molar-refractivity contribution in [2.75, 3.05) is 0 Å². The van der Waals surface area contributed by atoms with Gasteiger partial charge in [-0.15, -0.1) is 0 Å². The highest BCUT2D eigenvalue weighted by atomic mass is 16.6. The van der Waals surface area contributed by atoms with Crippen molar-refractivity contribution < 1.29 is 23.9 Å². The quantitative estimate of drug-likeness (QED) is 0.613. The number of carbonyl (C=O) groups is 3. The summed E-state index contributed by atoms with van der Waals surface area (Å²) in [7, 11) is 0. The van der Waals surface area contributed by atoms with Crippen molar-refractivity contribution in [2.24, 2.45) is 23.7 Å². The first-order valence-electron chi connectivity index (χ1n) is 8.60. The SMILES string of the molecule is CC[C@H](OC(=O)[C@@H]1[C@@H]2C[C@@H]3[C@H]1C(=O)O[C@@H]3C2)C(=O)c1ccccc1. The van der Waals surface area contributed by atoms with Crippen molar-refractivity contribution in [3.63, 3.8) is 0 Å². The van der Waals surface area contributed by atoms with Crippen molar-refractivity contribution in [1.82, 2.24) is 0 Å². The molecule has 0 amide bonds. The summed E-state index contributed by atoms with van der Waals surface area (Å²) in [6.07, 6.45) is 1.20. The van der Waals surface area contributed by atoms with Crippen molar-refractivity contribution in [2.45, 2.75) is 38.4 Å². The molecule has 2 bridgehead atoms. The second-order valence-electron chi connectivity index (χ2n) is 6.99. The third-order valence-corrected chi connectivity index (χ3v) is 5.74. The molecule has 5 nitrogen and oxygen atoms in total. The molecule has 3 aliphatic rings. The first-order valence-corrected chi connectivity index (χ1v) is 8.60. The molecule has 1 aromatic rings. The third kappa shape index (κ3) is 2.26. The van der Waals surface area contributed by atoms with E-state index in [4.69, 9.17) is 9.47 Å². The van der Waals surface area contributed by atoms with Gasteiger partial charge in [-0.05, 0) is 25.2 Å². The molecule has 0 spiro atoms. The Morgan fingerprint density at radius 2 is 2.00 bits per heavy atom. The summed E-state index contributed by atoms with van der Waals surface area (Å²) in [4.78, 5) is 37.3. The van der Waals surface area contributed by atoms with Crippen LogP contribution in [-0.4, -0.2) is 29.9 Å². The number of ether oxygens (including phenoxy) is 2. The molecule has 1 aliphatic heterocycles. The lowest BCUT2D eigenvalue weighted by atomic mass is 9.80. The topological polar surface area (TPSA) is 69.7 Å². The number of hydrogen-bond donors (Lipinski definition) is 0. The normalized spacial score (nSPS) is 34.0. The fourth-order valence-electron chi connectivity index (χ4n) is 4.65. The van der Waals surface area contributed by atoms with Crippen LogP contribution in [0.5, 0.6) is 0 Å². The van der Waals surface area contributed by atoms with Crippen LogP contribution < -0.4 is 0 Å². The number of hydrogen-bond acceptors (Lipinski definition) is 5. The predicted molar refractivity (Wildman–Crippen MR) is 84.0 cm³/mol. The summed E-state index contributed by atoms with van der Waals surface area (Å²) >= 11 is 0. The predicted octanol–water partition coefficient (Wildman–Crippen LogP) is 2.39.